The molecule has 0 radical (unpaired) electrons. The van der Waals surface area contributed by atoms with E-state index in [0.29, 0.717) is 16.0 Å². The van der Waals surface area contributed by atoms with Crippen molar-refractivity contribution in [2.45, 2.75) is 0 Å². The topological polar surface area (TPSA) is 49.8 Å². The van der Waals surface area contributed by atoms with Gasteiger partial charge in [-0.25, -0.2) is 4.98 Å². The Morgan fingerprint density at radius 3 is 2.78 bits per heavy atom. The maximum Gasteiger partial charge on any atom is 0.176 e. The highest BCUT2D eigenvalue weighted by molar-refractivity contribution is 9.10. The third-order valence-electron chi connectivity index (χ3n) is 1.98. The van der Waals surface area contributed by atoms with Gasteiger partial charge in [-0.2, -0.15) is 0 Å². The van der Waals surface area contributed by atoms with Crippen molar-refractivity contribution in [3.63, 3.8) is 0 Å². The average Bonchev–Trinajstić information content (AvgIpc) is 2.34. The first-order valence-electron chi connectivity index (χ1n) is 4.94. The third-order valence-corrected chi connectivity index (χ3v) is 2.99. The van der Waals surface area contributed by atoms with Crippen LogP contribution in [0.15, 0.2) is 41.3 Å². The van der Waals surface area contributed by atoms with Gasteiger partial charge >= 0.3 is 0 Å². The molecule has 0 saturated heterocycles. The maximum atomic E-state index is 6.07. The fourth-order valence-corrected chi connectivity index (χ4v) is 2.16. The predicted octanol–water partition coefficient (Wildman–Crippen LogP) is 3.70. The van der Waals surface area contributed by atoms with Crippen LogP contribution in [0.4, 0.5) is 11.5 Å². The van der Waals surface area contributed by atoms with Crippen LogP contribution in [0, 0.1) is 0 Å². The van der Waals surface area contributed by atoms with Gasteiger partial charge in [-0.3, -0.25) is 4.98 Å². The quantitative estimate of drug-likeness (QED) is 0.814. The second kappa shape index (κ2) is 6.08. The molecular formula is C11H8BrClN4S. The highest BCUT2D eigenvalue weighted by atomic mass is 79.9. The van der Waals surface area contributed by atoms with Crippen LogP contribution < -0.4 is 10.6 Å². The van der Waals surface area contributed by atoms with E-state index < -0.39 is 0 Å². The van der Waals surface area contributed by atoms with E-state index in [0.717, 1.165) is 10.2 Å². The van der Waals surface area contributed by atoms with Crippen LogP contribution in [0.1, 0.15) is 0 Å². The Hall–Kier alpha value is -1.24. The number of rotatable bonds is 2. The van der Waals surface area contributed by atoms with Crippen molar-refractivity contribution < 1.29 is 0 Å². The molecule has 1 aromatic heterocycles. The van der Waals surface area contributed by atoms with Crippen molar-refractivity contribution in [3.8, 4) is 0 Å². The molecule has 0 aliphatic heterocycles. The van der Waals surface area contributed by atoms with Gasteiger partial charge in [0.1, 0.15) is 0 Å². The first kappa shape index (κ1) is 13.2. The zero-order valence-corrected chi connectivity index (χ0v) is 12.2. The van der Waals surface area contributed by atoms with Gasteiger partial charge < -0.3 is 10.6 Å². The summed E-state index contributed by atoms with van der Waals surface area (Å²) in [5.74, 6) is 0.572. The second-order valence-electron chi connectivity index (χ2n) is 3.29. The van der Waals surface area contributed by atoms with Gasteiger partial charge in [0.05, 0.1) is 16.9 Å². The standard InChI is InChI=1S/C11H8BrClN4S/c12-7-1-2-9(8(13)5-7)16-11(18)17-10-6-14-3-4-15-10/h1-6H,(H2,15,16,17,18). The monoisotopic (exact) mass is 342 g/mol. The van der Waals surface area contributed by atoms with Crippen LogP contribution in [-0.2, 0) is 0 Å². The van der Waals surface area contributed by atoms with E-state index in [1.54, 1.807) is 24.7 Å². The lowest BCUT2D eigenvalue weighted by Gasteiger charge is -2.10. The van der Waals surface area contributed by atoms with Crippen molar-refractivity contribution in [1.29, 1.82) is 0 Å². The van der Waals surface area contributed by atoms with Crippen molar-refractivity contribution in [2.75, 3.05) is 10.6 Å². The zero-order chi connectivity index (χ0) is 13.0. The molecular weight excluding hydrogens is 336 g/mol. The molecule has 1 aromatic carbocycles. The third kappa shape index (κ3) is 3.63. The largest absolute Gasteiger partial charge is 0.331 e. The molecule has 0 saturated carbocycles. The van der Waals surface area contributed by atoms with Crippen molar-refractivity contribution in [3.05, 3.63) is 46.3 Å². The summed E-state index contributed by atoms with van der Waals surface area (Å²) < 4.78 is 0.908. The molecule has 0 aliphatic carbocycles. The molecule has 2 aromatic rings. The summed E-state index contributed by atoms with van der Waals surface area (Å²) in [6.45, 7) is 0. The molecule has 7 heteroatoms. The molecule has 0 fully saturated rings. The van der Waals surface area contributed by atoms with Crippen LogP contribution in [0.2, 0.25) is 5.02 Å². The number of thiocarbonyl (C=S) groups is 1. The second-order valence-corrected chi connectivity index (χ2v) is 5.03. The fraction of sp³-hybridized carbons (Fsp3) is 0. The number of aromatic nitrogens is 2. The van der Waals surface area contributed by atoms with Crippen LogP contribution >= 0.6 is 39.7 Å². The van der Waals surface area contributed by atoms with E-state index in [4.69, 9.17) is 23.8 Å². The molecule has 18 heavy (non-hydrogen) atoms. The van der Waals surface area contributed by atoms with Crippen LogP contribution in [-0.4, -0.2) is 15.1 Å². The van der Waals surface area contributed by atoms with E-state index in [2.05, 4.69) is 36.5 Å². The molecule has 0 bridgehead atoms. The Morgan fingerprint density at radius 1 is 1.28 bits per heavy atom. The van der Waals surface area contributed by atoms with Crippen molar-refractivity contribution in [1.82, 2.24) is 9.97 Å². The molecule has 0 spiro atoms. The predicted molar refractivity (Wildman–Crippen MR) is 81.0 cm³/mol. The Kier molecular flexibility index (Phi) is 4.46. The first-order chi connectivity index (χ1) is 8.65. The maximum absolute atomic E-state index is 6.07. The minimum Gasteiger partial charge on any atom is -0.331 e. The molecule has 0 atom stereocenters. The summed E-state index contributed by atoms with van der Waals surface area (Å²) in [4.78, 5) is 7.98. The smallest absolute Gasteiger partial charge is 0.176 e. The Balaban J connectivity index is 2.03. The van der Waals surface area contributed by atoms with E-state index >= 15 is 0 Å². The SMILES string of the molecule is S=C(Nc1cnccn1)Nc1ccc(Br)cc1Cl. The van der Waals surface area contributed by atoms with E-state index in [9.17, 15) is 0 Å². The highest BCUT2D eigenvalue weighted by Crippen LogP contribution is 2.25. The minimum absolute atomic E-state index is 0.403. The molecule has 4 nitrogen and oxygen atoms in total. The van der Waals surface area contributed by atoms with Gasteiger partial charge in [0.15, 0.2) is 10.9 Å². The zero-order valence-electron chi connectivity index (χ0n) is 9.02. The summed E-state index contributed by atoms with van der Waals surface area (Å²) in [6.07, 6.45) is 4.75. The summed E-state index contributed by atoms with van der Waals surface area (Å²) >= 11 is 14.6. The first-order valence-corrected chi connectivity index (χ1v) is 6.52. The van der Waals surface area contributed by atoms with Gasteiger partial charge in [-0.05, 0) is 30.4 Å². The normalized spacial score (nSPS) is 9.89. The summed E-state index contributed by atoms with van der Waals surface area (Å²) in [5, 5.41) is 6.87. The van der Waals surface area contributed by atoms with Gasteiger partial charge in [0.25, 0.3) is 0 Å². The lowest BCUT2D eigenvalue weighted by atomic mass is 10.3. The number of benzene rings is 1. The van der Waals surface area contributed by atoms with Crippen molar-refractivity contribution in [2.24, 2.45) is 0 Å². The summed E-state index contributed by atoms with van der Waals surface area (Å²) in [7, 11) is 0. The molecule has 0 aliphatic rings. The fourth-order valence-electron chi connectivity index (χ4n) is 1.22. The molecule has 2 rings (SSSR count). The molecule has 0 amide bonds. The van der Waals surface area contributed by atoms with E-state index in [1.807, 2.05) is 12.1 Å². The van der Waals surface area contributed by atoms with Crippen LogP contribution in [0.3, 0.4) is 0 Å². The summed E-state index contributed by atoms with van der Waals surface area (Å²) in [5.41, 5.74) is 0.723. The van der Waals surface area contributed by atoms with E-state index in [1.165, 1.54) is 0 Å². The van der Waals surface area contributed by atoms with Gasteiger partial charge in [-0.15, -0.1) is 0 Å². The number of hydrogen-bond donors (Lipinski definition) is 2. The highest BCUT2D eigenvalue weighted by Gasteiger charge is 2.04. The van der Waals surface area contributed by atoms with Crippen molar-refractivity contribution >= 4 is 56.4 Å². The summed E-state index contributed by atoms with van der Waals surface area (Å²) in [6, 6.07) is 5.49. The number of hydrogen-bond acceptors (Lipinski definition) is 3. The average molecular weight is 344 g/mol. The van der Waals surface area contributed by atoms with Crippen LogP contribution in [0.25, 0.3) is 0 Å². The molecule has 92 valence electrons. The number of halogens is 2. The number of nitrogens with zero attached hydrogens (tertiary/aromatic N) is 2. The van der Waals surface area contributed by atoms with Gasteiger partial charge in [0.2, 0.25) is 0 Å². The van der Waals surface area contributed by atoms with Gasteiger partial charge in [0, 0.05) is 16.9 Å². The molecule has 2 N–H and O–H groups in total. The number of nitrogens with one attached hydrogen (secondary N) is 2. The Morgan fingerprint density at radius 2 is 2.11 bits per heavy atom. The number of anilines is 2. The Bertz CT molecular complexity index is 564. The lowest BCUT2D eigenvalue weighted by molar-refractivity contribution is 1.21. The van der Waals surface area contributed by atoms with Crippen LogP contribution in [0.5, 0.6) is 0 Å². The molecule has 1 heterocycles. The molecule has 0 unspecified atom stereocenters. The van der Waals surface area contributed by atoms with E-state index in [-0.39, 0.29) is 0 Å². The Labute approximate surface area is 123 Å². The minimum atomic E-state index is 0.403. The van der Waals surface area contributed by atoms with Gasteiger partial charge in [-0.1, -0.05) is 27.5 Å². The lowest BCUT2D eigenvalue weighted by Crippen LogP contribution is -2.20.